The first-order valence-corrected chi connectivity index (χ1v) is 9.09. The zero-order chi connectivity index (χ0) is 24.5. The molecule has 0 aromatic heterocycles. The van der Waals surface area contributed by atoms with Gasteiger partial charge in [0.1, 0.15) is 11.9 Å². The van der Waals surface area contributed by atoms with E-state index in [-0.39, 0.29) is 5.91 Å². The summed E-state index contributed by atoms with van der Waals surface area (Å²) < 4.78 is 63.1. The number of hydrogen-bond acceptors (Lipinski definition) is 7. The average Bonchev–Trinajstić information content (AvgIpc) is 2.67. The summed E-state index contributed by atoms with van der Waals surface area (Å²) in [4.78, 5) is 34.3. The minimum atomic E-state index is -5.19. The SMILES string of the molecule is O=C([O-])C(F)(F)F.O=C([O-])C(F)(F)F.O=C(c1ccccc1)N1CCN(C2CNC2)CC1. The molecule has 2 aliphatic heterocycles. The highest BCUT2D eigenvalue weighted by Crippen LogP contribution is 2.13. The highest BCUT2D eigenvalue weighted by atomic mass is 19.4. The zero-order valence-corrected chi connectivity index (χ0v) is 16.4. The van der Waals surface area contributed by atoms with Crippen molar-refractivity contribution in [2.75, 3.05) is 39.3 Å². The van der Waals surface area contributed by atoms with Gasteiger partial charge in [0.15, 0.2) is 0 Å². The molecule has 0 aliphatic carbocycles. The van der Waals surface area contributed by atoms with Gasteiger partial charge in [0.2, 0.25) is 0 Å². The third-order valence-electron chi connectivity index (χ3n) is 4.36. The molecule has 1 amide bonds. The van der Waals surface area contributed by atoms with E-state index in [4.69, 9.17) is 19.8 Å². The Balaban J connectivity index is 0.000000305. The lowest BCUT2D eigenvalue weighted by Crippen LogP contribution is -2.62. The zero-order valence-electron chi connectivity index (χ0n) is 16.4. The fraction of sp³-hybridized carbons (Fsp3) is 0.500. The highest BCUT2D eigenvalue weighted by molar-refractivity contribution is 5.94. The molecule has 32 heavy (non-hydrogen) atoms. The van der Waals surface area contributed by atoms with E-state index in [9.17, 15) is 31.1 Å². The molecule has 3 rings (SSSR count). The second-order valence-electron chi connectivity index (χ2n) is 6.58. The number of nitrogens with one attached hydrogen (secondary N) is 1. The van der Waals surface area contributed by atoms with Crippen LogP contribution in [0.25, 0.3) is 0 Å². The molecule has 0 spiro atoms. The lowest BCUT2D eigenvalue weighted by atomic mass is 10.1. The predicted molar refractivity (Wildman–Crippen MR) is 92.7 cm³/mol. The van der Waals surface area contributed by atoms with Crippen LogP contribution in [0.2, 0.25) is 0 Å². The summed E-state index contributed by atoms with van der Waals surface area (Å²) in [5.41, 5.74) is 0.802. The van der Waals surface area contributed by atoms with E-state index >= 15 is 0 Å². The molecule has 2 aliphatic rings. The number of rotatable bonds is 2. The number of piperazine rings is 1. The predicted octanol–water partition coefficient (Wildman–Crippen LogP) is -0.987. The van der Waals surface area contributed by atoms with Gasteiger partial charge in [-0.3, -0.25) is 9.69 Å². The van der Waals surface area contributed by atoms with Gasteiger partial charge in [0.25, 0.3) is 5.91 Å². The van der Waals surface area contributed by atoms with Crippen LogP contribution in [-0.4, -0.2) is 85.3 Å². The smallest absolute Gasteiger partial charge is 0.430 e. The summed E-state index contributed by atoms with van der Waals surface area (Å²) in [5.74, 6) is -5.85. The molecule has 180 valence electrons. The minimum absolute atomic E-state index is 0.169. The van der Waals surface area contributed by atoms with Crippen LogP contribution in [0, 0.1) is 0 Å². The maximum Gasteiger partial charge on any atom is 0.430 e. The Kier molecular flexibility index (Phi) is 9.90. The van der Waals surface area contributed by atoms with Crippen LogP contribution in [0.1, 0.15) is 10.4 Å². The minimum Gasteiger partial charge on any atom is -0.542 e. The molecule has 14 heteroatoms. The van der Waals surface area contributed by atoms with Crippen molar-refractivity contribution in [2.24, 2.45) is 0 Å². The van der Waals surface area contributed by atoms with Crippen molar-refractivity contribution in [1.29, 1.82) is 0 Å². The van der Waals surface area contributed by atoms with Crippen molar-refractivity contribution in [2.45, 2.75) is 18.4 Å². The number of benzene rings is 1. The first kappa shape index (κ1) is 27.2. The fourth-order valence-corrected chi connectivity index (χ4v) is 2.59. The normalized spacial score (nSPS) is 17.1. The number of amides is 1. The van der Waals surface area contributed by atoms with Gasteiger partial charge in [-0.05, 0) is 12.1 Å². The summed E-state index contributed by atoms with van der Waals surface area (Å²) >= 11 is 0. The molecular formula is C18H19F6N3O5-2. The van der Waals surface area contributed by atoms with Gasteiger partial charge < -0.3 is 30.0 Å². The van der Waals surface area contributed by atoms with Gasteiger partial charge in [-0.1, -0.05) is 18.2 Å². The molecule has 1 aromatic carbocycles. The van der Waals surface area contributed by atoms with Crippen molar-refractivity contribution >= 4 is 17.8 Å². The number of aliphatic carboxylic acids is 2. The molecule has 1 aromatic rings. The first-order chi connectivity index (χ1) is 14.7. The van der Waals surface area contributed by atoms with Gasteiger partial charge >= 0.3 is 12.4 Å². The van der Waals surface area contributed by atoms with Crippen LogP contribution in [-0.2, 0) is 9.59 Å². The number of halogens is 6. The topological polar surface area (TPSA) is 116 Å². The Morgan fingerprint density at radius 1 is 0.812 bits per heavy atom. The van der Waals surface area contributed by atoms with E-state index in [1.54, 1.807) is 0 Å². The summed E-state index contributed by atoms with van der Waals surface area (Å²) in [7, 11) is 0. The van der Waals surface area contributed by atoms with Crippen LogP contribution in [0.5, 0.6) is 0 Å². The van der Waals surface area contributed by atoms with Crippen molar-refractivity contribution in [3.8, 4) is 0 Å². The Bertz CT molecular complexity index is 737. The van der Waals surface area contributed by atoms with Crippen LogP contribution in [0.15, 0.2) is 30.3 Å². The quantitative estimate of drug-likeness (QED) is 0.551. The number of carbonyl (C=O) groups is 3. The molecule has 0 radical (unpaired) electrons. The number of carboxylic acids is 2. The molecule has 0 unspecified atom stereocenters. The third kappa shape index (κ3) is 9.09. The summed E-state index contributed by atoms with van der Waals surface area (Å²) in [6.45, 7) is 5.92. The third-order valence-corrected chi connectivity index (χ3v) is 4.36. The van der Waals surface area contributed by atoms with Gasteiger partial charge in [-0.25, -0.2) is 0 Å². The number of carboxylic acid groups (broad SMARTS) is 2. The molecule has 2 fully saturated rings. The summed E-state index contributed by atoms with van der Waals surface area (Å²) in [5, 5.41) is 20.9. The van der Waals surface area contributed by atoms with Gasteiger partial charge in [-0.15, -0.1) is 0 Å². The maximum atomic E-state index is 12.3. The highest BCUT2D eigenvalue weighted by Gasteiger charge is 2.30. The second kappa shape index (κ2) is 11.7. The van der Waals surface area contributed by atoms with Gasteiger partial charge in [0, 0.05) is 50.9 Å². The van der Waals surface area contributed by atoms with Crippen molar-refractivity contribution in [3.63, 3.8) is 0 Å². The molecule has 2 saturated heterocycles. The van der Waals surface area contributed by atoms with Crippen molar-refractivity contribution < 1.29 is 50.9 Å². The summed E-state index contributed by atoms with van der Waals surface area (Å²) in [6.07, 6.45) is -10.4. The van der Waals surface area contributed by atoms with Crippen LogP contribution in [0.4, 0.5) is 26.3 Å². The number of hydrogen-bond donors (Lipinski definition) is 1. The van der Waals surface area contributed by atoms with E-state index in [1.165, 1.54) is 0 Å². The number of nitrogens with zero attached hydrogens (tertiary/aromatic N) is 2. The Morgan fingerprint density at radius 3 is 1.53 bits per heavy atom. The van der Waals surface area contributed by atoms with Crippen LogP contribution in [0.3, 0.4) is 0 Å². The van der Waals surface area contributed by atoms with E-state index in [1.807, 2.05) is 35.2 Å². The first-order valence-electron chi connectivity index (χ1n) is 9.09. The van der Waals surface area contributed by atoms with Gasteiger partial charge in [-0.2, -0.15) is 26.3 Å². The molecule has 1 N–H and O–H groups in total. The number of carbonyl (C=O) groups excluding carboxylic acids is 3. The monoisotopic (exact) mass is 471 g/mol. The Morgan fingerprint density at radius 2 is 1.22 bits per heavy atom. The number of alkyl halides is 6. The van der Waals surface area contributed by atoms with Gasteiger partial charge in [0.05, 0.1) is 0 Å². The molecule has 0 atom stereocenters. The molecule has 2 heterocycles. The second-order valence-corrected chi connectivity index (χ2v) is 6.58. The molecule has 0 saturated carbocycles. The van der Waals surface area contributed by atoms with Crippen molar-refractivity contribution in [3.05, 3.63) is 35.9 Å². The van der Waals surface area contributed by atoms with Crippen LogP contribution < -0.4 is 15.5 Å². The Hall–Kier alpha value is -2.87. The van der Waals surface area contributed by atoms with E-state index in [2.05, 4.69) is 10.2 Å². The standard InChI is InChI=1S/C14H19N3O.2C2HF3O2/c18-14(12-4-2-1-3-5-12)17-8-6-16(7-9-17)13-10-15-11-13;2*3-2(4,5)1(6)7/h1-5,13,15H,6-11H2;2*(H,6,7)/p-2. The van der Waals surface area contributed by atoms with E-state index in [0.29, 0.717) is 6.04 Å². The fourth-order valence-electron chi connectivity index (χ4n) is 2.59. The molecule has 8 nitrogen and oxygen atoms in total. The Labute approximate surface area is 178 Å². The largest absolute Gasteiger partial charge is 0.542 e. The molecule has 0 bridgehead atoms. The maximum absolute atomic E-state index is 12.3. The average molecular weight is 471 g/mol. The lowest BCUT2D eigenvalue weighted by molar-refractivity contribution is -0.344. The summed E-state index contributed by atoms with van der Waals surface area (Å²) in [6, 6.07) is 10.3. The van der Waals surface area contributed by atoms with Crippen molar-refractivity contribution in [1.82, 2.24) is 15.1 Å². The van der Waals surface area contributed by atoms with E-state index < -0.39 is 24.3 Å². The van der Waals surface area contributed by atoms with Crippen LogP contribution >= 0.6 is 0 Å². The molecular weight excluding hydrogens is 452 g/mol. The lowest BCUT2D eigenvalue weighted by Gasteiger charge is -2.43. The van der Waals surface area contributed by atoms with E-state index in [0.717, 1.165) is 44.8 Å².